The van der Waals surface area contributed by atoms with Crippen molar-refractivity contribution in [2.45, 2.75) is 13.1 Å². The van der Waals surface area contributed by atoms with Crippen molar-refractivity contribution in [2.24, 2.45) is 0 Å². The van der Waals surface area contributed by atoms with Gasteiger partial charge in [-0.15, -0.1) is 0 Å². The van der Waals surface area contributed by atoms with Crippen LogP contribution in [0.15, 0.2) is 61.2 Å². The minimum absolute atomic E-state index is 0.479. The molecule has 0 aliphatic rings. The molecule has 0 atom stereocenters. The Morgan fingerprint density at radius 3 is 1.70 bits per heavy atom. The monoisotopic (exact) mass is 400 g/mol. The molecule has 10 nitrogen and oxygen atoms in total. The first-order valence-electron chi connectivity index (χ1n) is 9.54. The fourth-order valence-corrected chi connectivity index (χ4v) is 3.24. The van der Waals surface area contributed by atoms with Gasteiger partial charge in [0.25, 0.3) is 0 Å². The van der Waals surface area contributed by atoms with Crippen LogP contribution in [0, 0.1) is 0 Å². The van der Waals surface area contributed by atoms with Crippen LogP contribution in [0.5, 0.6) is 0 Å². The molecule has 5 heterocycles. The third-order valence-corrected chi connectivity index (χ3v) is 4.75. The summed E-state index contributed by atoms with van der Waals surface area (Å²) in [6, 6.07) is 11.9. The lowest BCUT2D eigenvalue weighted by Crippen LogP contribution is -2.11. The summed E-state index contributed by atoms with van der Waals surface area (Å²) in [7, 11) is 1.78. The van der Waals surface area contributed by atoms with Crippen molar-refractivity contribution in [3.63, 3.8) is 0 Å². The highest BCUT2D eigenvalue weighted by molar-refractivity contribution is 5.56. The molecule has 5 aromatic rings. The van der Waals surface area contributed by atoms with Crippen molar-refractivity contribution in [3.8, 4) is 0 Å². The largest absolute Gasteiger partial charge is 0.357 e. The van der Waals surface area contributed by atoms with Gasteiger partial charge in [0.15, 0.2) is 0 Å². The van der Waals surface area contributed by atoms with Gasteiger partial charge in [0.2, 0.25) is 17.8 Å². The second kappa shape index (κ2) is 7.66. The number of nitrogens with zero attached hydrogens (tertiary/aromatic N) is 7. The Kier molecular flexibility index (Phi) is 4.56. The van der Waals surface area contributed by atoms with E-state index in [0.717, 1.165) is 22.2 Å². The molecule has 30 heavy (non-hydrogen) atoms. The molecule has 5 rings (SSSR count). The summed E-state index contributed by atoms with van der Waals surface area (Å²) < 4.78 is 3.68. The SMILES string of the molecule is CNc1nc(NCc2cnn3ccccc23)nc(NCc2cnn3ccccc23)n1. The molecule has 0 saturated heterocycles. The lowest BCUT2D eigenvalue weighted by molar-refractivity contribution is 0.961. The molecular formula is C20H20N10. The van der Waals surface area contributed by atoms with Crippen molar-refractivity contribution in [1.82, 2.24) is 34.2 Å². The third kappa shape index (κ3) is 3.46. The van der Waals surface area contributed by atoms with Crippen molar-refractivity contribution in [1.29, 1.82) is 0 Å². The van der Waals surface area contributed by atoms with Crippen molar-refractivity contribution < 1.29 is 0 Å². The topological polar surface area (TPSA) is 109 Å². The zero-order chi connectivity index (χ0) is 20.3. The van der Waals surface area contributed by atoms with E-state index in [-0.39, 0.29) is 0 Å². The van der Waals surface area contributed by atoms with E-state index < -0.39 is 0 Å². The fourth-order valence-electron chi connectivity index (χ4n) is 3.24. The van der Waals surface area contributed by atoms with Gasteiger partial charge < -0.3 is 16.0 Å². The molecule has 0 amide bonds. The standard InChI is InChI=1S/C20H20N10/c1-21-18-26-19(22-10-14-12-24-29-8-4-2-6-16(14)29)28-20(27-18)23-11-15-13-25-30-9-5-3-7-17(15)30/h2-9,12-13H,10-11H2,1H3,(H3,21,22,23,26,27,28). The molecular weight excluding hydrogens is 380 g/mol. The first kappa shape index (κ1) is 17.9. The Bertz CT molecular complexity index is 1210. The number of pyridine rings is 2. The van der Waals surface area contributed by atoms with Crippen LogP contribution in [-0.2, 0) is 13.1 Å². The van der Waals surface area contributed by atoms with Gasteiger partial charge in [-0.05, 0) is 24.3 Å². The van der Waals surface area contributed by atoms with E-state index >= 15 is 0 Å². The van der Waals surface area contributed by atoms with Gasteiger partial charge in [0.05, 0.1) is 23.4 Å². The van der Waals surface area contributed by atoms with Crippen LogP contribution in [0.25, 0.3) is 11.0 Å². The predicted molar refractivity (Wildman–Crippen MR) is 114 cm³/mol. The second-order valence-electron chi connectivity index (χ2n) is 6.66. The van der Waals surface area contributed by atoms with E-state index in [0.29, 0.717) is 30.9 Å². The summed E-state index contributed by atoms with van der Waals surface area (Å²) in [5, 5.41) is 18.2. The number of aromatic nitrogens is 7. The number of fused-ring (bicyclic) bond motifs is 2. The number of rotatable bonds is 7. The maximum atomic E-state index is 4.50. The zero-order valence-corrected chi connectivity index (χ0v) is 16.3. The number of anilines is 3. The molecule has 0 radical (unpaired) electrons. The van der Waals surface area contributed by atoms with Crippen molar-refractivity contribution >= 4 is 28.9 Å². The van der Waals surface area contributed by atoms with E-state index in [1.807, 2.05) is 70.2 Å². The van der Waals surface area contributed by atoms with Crippen LogP contribution in [0.4, 0.5) is 17.8 Å². The molecule has 0 aliphatic heterocycles. The van der Waals surface area contributed by atoms with Crippen LogP contribution in [0.1, 0.15) is 11.1 Å². The van der Waals surface area contributed by atoms with Gasteiger partial charge in [-0.3, -0.25) is 0 Å². The highest BCUT2D eigenvalue weighted by atomic mass is 15.3. The summed E-state index contributed by atoms with van der Waals surface area (Å²) in [6.45, 7) is 1.10. The van der Waals surface area contributed by atoms with Gasteiger partial charge in [-0.2, -0.15) is 25.1 Å². The van der Waals surface area contributed by atoms with Gasteiger partial charge in [0, 0.05) is 43.7 Å². The molecule has 0 saturated carbocycles. The highest BCUT2D eigenvalue weighted by Crippen LogP contribution is 2.15. The van der Waals surface area contributed by atoms with Crippen molar-refractivity contribution in [2.75, 3.05) is 23.0 Å². The lowest BCUT2D eigenvalue weighted by Gasteiger charge is -2.09. The van der Waals surface area contributed by atoms with E-state index in [1.54, 1.807) is 7.05 Å². The van der Waals surface area contributed by atoms with Crippen LogP contribution >= 0.6 is 0 Å². The molecule has 0 aromatic carbocycles. The number of nitrogens with one attached hydrogen (secondary N) is 3. The smallest absolute Gasteiger partial charge is 0.229 e. The Labute approximate surface area is 172 Å². The van der Waals surface area contributed by atoms with Gasteiger partial charge in [-0.25, -0.2) is 9.03 Å². The first-order valence-corrected chi connectivity index (χ1v) is 9.54. The Hall–Kier alpha value is -4.21. The summed E-state index contributed by atoms with van der Waals surface area (Å²) >= 11 is 0. The van der Waals surface area contributed by atoms with Crippen LogP contribution < -0.4 is 16.0 Å². The summed E-state index contributed by atoms with van der Waals surface area (Å²) in [6.07, 6.45) is 7.52. The average molecular weight is 400 g/mol. The highest BCUT2D eigenvalue weighted by Gasteiger charge is 2.09. The Morgan fingerprint density at radius 1 is 0.700 bits per heavy atom. The molecule has 5 aromatic heterocycles. The van der Waals surface area contributed by atoms with Crippen molar-refractivity contribution in [3.05, 3.63) is 72.3 Å². The quantitative estimate of drug-likeness (QED) is 0.382. The van der Waals surface area contributed by atoms with Gasteiger partial charge in [-0.1, -0.05) is 12.1 Å². The summed E-state index contributed by atoms with van der Waals surface area (Å²) in [4.78, 5) is 13.3. The normalized spacial score (nSPS) is 11.1. The van der Waals surface area contributed by atoms with Crippen LogP contribution in [0.3, 0.4) is 0 Å². The van der Waals surface area contributed by atoms with E-state index in [2.05, 4.69) is 41.1 Å². The molecule has 10 heteroatoms. The molecule has 0 aliphatic carbocycles. The van der Waals surface area contributed by atoms with Gasteiger partial charge in [0.1, 0.15) is 0 Å². The Morgan fingerprint density at radius 2 is 1.20 bits per heavy atom. The molecule has 0 spiro atoms. The van der Waals surface area contributed by atoms with E-state index in [9.17, 15) is 0 Å². The molecule has 0 unspecified atom stereocenters. The molecule has 0 fully saturated rings. The Balaban J connectivity index is 1.33. The maximum Gasteiger partial charge on any atom is 0.229 e. The van der Waals surface area contributed by atoms with Gasteiger partial charge >= 0.3 is 0 Å². The fraction of sp³-hybridized carbons (Fsp3) is 0.150. The second-order valence-corrected chi connectivity index (χ2v) is 6.66. The lowest BCUT2D eigenvalue weighted by atomic mass is 10.2. The first-order chi connectivity index (χ1) is 14.8. The van der Waals surface area contributed by atoms with E-state index in [1.165, 1.54) is 0 Å². The molecule has 0 bridgehead atoms. The van der Waals surface area contributed by atoms with E-state index in [4.69, 9.17) is 0 Å². The minimum Gasteiger partial charge on any atom is -0.357 e. The van der Waals surface area contributed by atoms with Crippen LogP contribution in [-0.4, -0.2) is 41.2 Å². The maximum absolute atomic E-state index is 4.50. The third-order valence-electron chi connectivity index (χ3n) is 4.75. The number of hydrogen-bond donors (Lipinski definition) is 3. The predicted octanol–water partition coefficient (Wildman–Crippen LogP) is 2.43. The average Bonchev–Trinajstić information content (AvgIpc) is 3.40. The minimum atomic E-state index is 0.479. The molecule has 3 N–H and O–H groups in total. The summed E-state index contributed by atoms with van der Waals surface area (Å²) in [5.74, 6) is 1.44. The number of hydrogen-bond acceptors (Lipinski definition) is 8. The molecule has 150 valence electrons. The van der Waals surface area contributed by atoms with Crippen LogP contribution in [0.2, 0.25) is 0 Å². The zero-order valence-electron chi connectivity index (χ0n) is 16.3. The summed E-state index contributed by atoms with van der Waals surface area (Å²) in [5.41, 5.74) is 4.20.